The predicted octanol–water partition coefficient (Wildman–Crippen LogP) is 7.63. The second-order valence-electron chi connectivity index (χ2n) is 9.18. The molecule has 0 amide bonds. The van der Waals surface area contributed by atoms with Crippen LogP contribution in [-0.4, -0.2) is 0 Å². The lowest BCUT2D eigenvalue weighted by atomic mass is 9.88. The zero-order chi connectivity index (χ0) is 25.6. The Kier molecular flexibility index (Phi) is 4.86. The molecule has 0 saturated carbocycles. The quantitative estimate of drug-likeness (QED) is 0.142. The number of hydrogen-bond acceptors (Lipinski definition) is 3. The highest BCUT2D eigenvalue weighted by Crippen LogP contribution is 2.47. The van der Waals surface area contributed by atoms with Crippen LogP contribution in [0.5, 0.6) is 0 Å². The summed E-state index contributed by atoms with van der Waals surface area (Å²) in [7, 11) is 0. The number of rotatable bonds is 2. The minimum Gasteiger partial charge on any atom is -0.181 e. The van der Waals surface area contributed by atoms with E-state index in [1.54, 1.807) is 0 Å². The summed E-state index contributed by atoms with van der Waals surface area (Å²) < 4.78 is 0. The summed E-state index contributed by atoms with van der Waals surface area (Å²) in [5, 5.41) is 23.4. The van der Waals surface area contributed by atoms with Crippen LogP contribution in [0.25, 0.3) is 70.3 Å². The van der Waals surface area contributed by atoms with Crippen molar-refractivity contribution in [3.05, 3.63) is 131 Å². The van der Waals surface area contributed by atoms with Crippen molar-refractivity contribution in [1.82, 2.24) is 0 Å². The van der Waals surface area contributed by atoms with Gasteiger partial charge in [0.05, 0.1) is 10.5 Å². The van der Waals surface area contributed by atoms with E-state index in [1.165, 1.54) is 0 Å². The Morgan fingerprint density at radius 2 is 0.947 bits per heavy atom. The predicted molar refractivity (Wildman–Crippen MR) is 153 cm³/mol. The fourth-order valence-electron chi connectivity index (χ4n) is 5.95. The van der Waals surface area contributed by atoms with Crippen LogP contribution < -0.4 is 10.7 Å². The number of nitrogens with zero attached hydrogens (tertiary/aromatic N) is 4. The maximum absolute atomic E-state index is 9.80. The standard InChI is InChI=1S/C34H18N4/c1-36-38-34-26-19-11-9-17-24(26)30-27(21-12-4-2-5-13-21)31-29(28(32(30)34)22-14-6-3-7-15-22)23-16-8-10-18-25(23)33(31)37-20-35/h2-19H. The molecule has 7 aromatic carbocycles. The Labute approximate surface area is 218 Å². The van der Waals surface area contributed by atoms with Gasteiger partial charge >= 0.3 is 0 Å². The van der Waals surface area contributed by atoms with E-state index in [9.17, 15) is 5.26 Å². The van der Waals surface area contributed by atoms with Crippen molar-refractivity contribution in [2.75, 3.05) is 0 Å². The molecular formula is C34H18N4. The number of hydrogen-bond donors (Lipinski definition) is 0. The first-order valence-electron chi connectivity index (χ1n) is 12.3. The summed E-state index contributed by atoms with van der Waals surface area (Å²) in [5.41, 5.74) is 4.06. The second kappa shape index (κ2) is 8.52. The highest BCUT2D eigenvalue weighted by molar-refractivity contribution is 6.34. The Bertz CT molecular complexity index is 2070. The smallest absolute Gasteiger partial charge is 0.181 e. The van der Waals surface area contributed by atoms with Gasteiger partial charge in [-0.3, -0.25) is 0 Å². The molecule has 4 nitrogen and oxygen atoms in total. The molecule has 0 saturated heterocycles. The number of nitriles is 1. The summed E-state index contributed by atoms with van der Waals surface area (Å²) in [6.45, 7) is 7.68. The number of fused-ring (bicyclic) bond motifs is 6. The van der Waals surface area contributed by atoms with Crippen LogP contribution in [0.1, 0.15) is 0 Å². The fourth-order valence-corrected chi connectivity index (χ4v) is 5.95. The van der Waals surface area contributed by atoms with Crippen LogP contribution in [0.4, 0.5) is 0 Å². The van der Waals surface area contributed by atoms with Gasteiger partial charge in [-0.25, -0.2) is 0 Å². The third kappa shape index (κ3) is 2.95. The highest BCUT2D eigenvalue weighted by atomic mass is 15.2. The molecule has 0 N–H and O–H groups in total. The third-order valence-electron chi connectivity index (χ3n) is 7.31. The van der Waals surface area contributed by atoms with Crippen LogP contribution in [0, 0.1) is 18.0 Å². The lowest BCUT2D eigenvalue weighted by Crippen LogP contribution is -2.03. The van der Waals surface area contributed by atoms with E-state index in [4.69, 9.17) is 6.57 Å². The van der Waals surface area contributed by atoms with Crippen LogP contribution >= 0.6 is 0 Å². The lowest BCUT2D eigenvalue weighted by Gasteiger charge is -2.14. The van der Waals surface area contributed by atoms with Gasteiger partial charge in [-0.15, -0.1) is 4.95 Å². The van der Waals surface area contributed by atoms with E-state index in [2.05, 4.69) is 57.6 Å². The zero-order valence-electron chi connectivity index (χ0n) is 20.2. The molecule has 0 bridgehead atoms. The summed E-state index contributed by atoms with van der Waals surface area (Å²) in [6.07, 6.45) is 2.07. The van der Waals surface area contributed by atoms with Gasteiger partial charge in [0.25, 0.3) is 0 Å². The normalized spacial score (nSPS) is 12.5. The topological polar surface area (TPSA) is 52.9 Å². The van der Waals surface area contributed by atoms with Gasteiger partial charge in [0, 0.05) is 43.4 Å². The largest absolute Gasteiger partial charge is 0.206 e. The van der Waals surface area contributed by atoms with Gasteiger partial charge in [-0.1, -0.05) is 109 Å². The molecule has 4 heteroatoms. The van der Waals surface area contributed by atoms with E-state index >= 15 is 0 Å². The van der Waals surface area contributed by atoms with Crippen molar-refractivity contribution >= 4 is 43.1 Å². The van der Waals surface area contributed by atoms with Gasteiger partial charge in [-0.05, 0) is 21.9 Å². The van der Waals surface area contributed by atoms with E-state index in [0.29, 0.717) is 10.7 Å². The Hall–Kier alpha value is -5.58. The van der Waals surface area contributed by atoms with Gasteiger partial charge in [0.2, 0.25) is 6.19 Å². The average Bonchev–Trinajstić information content (AvgIpc) is 3.47. The SMILES string of the molecule is [C-]#[N+]N=c1c2ccccc2c2c(-c3ccccc3)c3c(=NC#N)c4ccccc4c3c(-c3ccccc3)c12. The van der Waals surface area contributed by atoms with E-state index in [0.717, 1.165) is 65.3 Å². The summed E-state index contributed by atoms with van der Waals surface area (Å²) in [5.74, 6) is 0. The van der Waals surface area contributed by atoms with Crippen molar-refractivity contribution in [3.8, 4) is 28.4 Å². The maximum Gasteiger partial charge on any atom is 0.206 e. The zero-order valence-corrected chi connectivity index (χ0v) is 20.2. The molecule has 0 aliphatic rings. The third-order valence-corrected chi connectivity index (χ3v) is 7.31. The molecule has 0 radical (unpaired) electrons. The van der Waals surface area contributed by atoms with E-state index in [1.807, 2.05) is 72.8 Å². The van der Waals surface area contributed by atoms with Crippen molar-refractivity contribution in [2.24, 2.45) is 10.1 Å². The molecule has 0 aromatic heterocycles. The fraction of sp³-hybridized carbons (Fsp3) is 0. The highest BCUT2D eigenvalue weighted by Gasteiger charge is 2.26. The van der Waals surface area contributed by atoms with Crippen molar-refractivity contribution in [2.45, 2.75) is 0 Å². The van der Waals surface area contributed by atoms with Gasteiger partial charge in [-0.2, -0.15) is 16.8 Å². The molecule has 7 aromatic rings. The molecule has 0 atom stereocenters. The molecule has 174 valence electrons. The Balaban J connectivity index is 1.97. The molecule has 0 spiro atoms. The minimum absolute atomic E-state index is 0.671. The van der Waals surface area contributed by atoms with Crippen LogP contribution in [-0.2, 0) is 0 Å². The lowest BCUT2D eigenvalue weighted by molar-refractivity contribution is 1.37. The Morgan fingerprint density at radius 3 is 1.42 bits per heavy atom. The number of benzene rings is 5. The molecule has 7 rings (SSSR count). The summed E-state index contributed by atoms with van der Waals surface area (Å²) in [4.78, 5) is 7.91. The van der Waals surface area contributed by atoms with Crippen LogP contribution in [0.3, 0.4) is 0 Å². The van der Waals surface area contributed by atoms with Crippen LogP contribution in [0.2, 0.25) is 0 Å². The van der Waals surface area contributed by atoms with Crippen molar-refractivity contribution in [1.29, 1.82) is 5.26 Å². The summed E-state index contributed by atoms with van der Waals surface area (Å²) >= 11 is 0. The molecular weight excluding hydrogens is 464 g/mol. The van der Waals surface area contributed by atoms with Crippen LogP contribution in [0.15, 0.2) is 119 Å². The molecule has 0 unspecified atom stereocenters. The first-order valence-corrected chi connectivity index (χ1v) is 12.3. The Morgan fingerprint density at radius 1 is 0.526 bits per heavy atom. The first kappa shape index (κ1) is 21.7. The average molecular weight is 483 g/mol. The van der Waals surface area contributed by atoms with E-state index in [-0.39, 0.29) is 0 Å². The molecule has 0 fully saturated rings. The summed E-state index contributed by atoms with van der Waals surface area (Å²) in [6, 6.07) is 36.7. The van der Waals surface area contributed by atoms with Gasteiger partial charge < -0.3 is 0 Å². The first-order chi connectivity index (χ1) is 18.8. The monoisotopic (exact) mass is 482 g/mol. The maximum atomic E-state index is 9.80. The minimum atomic E-state index is 0.671. The molecule has 38 heavy (non-hydrogen) atoms. The van der Waals surface area contributed by atoms with Crippen molar-refractivity contribution in [3.63, 3.8) is 0 Å². The van der Waals surface area contributed by atoms with Gasteiger partial charge in [0.15, 0.2) is 5.36 Å². The molecule has 0 aliphatic carbocycles. The second-order valence-corrected chi connectivity index (χ2v) is 9.18. The van der Waals surface area contributed by atoms with Gasteiger partial charge in [0.1, 0.15) is 0 Å². The molecule has 0 heterocycles. The van der Waals surface area contributed by atoms with E-state index < -0.39 is 0 Å². The van der Waals surface area contributed by atoms with Crippen molar-refractivity contribution < 1.29 is 0 Å². The molecule has 0 aliphatic heterocycles.